The molecule has 66 valence electrons. The number of anilines is 1. The van der Waals surface area contributed by atoms with E-state index in [0.29, 0.717) is 12.2 Å². The van der Waals surface area contributed by atoms with Gasteiger partial charge in [-0.15, -0.1) is 0 Å². The van der Waals surface area contributed by atoms with Gasteiger partial charge in [0.15, 0.2) is 0 Å². The quantitative estimate of drug-likeness (QED) is 0.526. The first-order valence-electron chi connectivity index (χ1n) is 3.97. The summed E-state index contributed by atoms with van der Waals surface area (Å²) in [6, 6.07) is 5.05. The monoisotopic (exact) mass is 176 g/mol. The van der Waals surface area contributed by atoms with Crippen LogP contribution >= 0.6 is 0 Å². The zero-order valence-corrected chi connectivity index (χ0v) is 6.86. The highest BCUT2D eigenvalue weighted by Gasteiger charge is 2.16. The Morgan fingerprint density at radius 1 is 1.46 bits per heavy atom. The van der Waals surface area contributed by atoms with E-state index in [1.165, 1.54) is 6.07 Å². The summed E-state index contributed by atoms with van der Waals surface area (Å²) in [6.45, 7) is 0.651. The molecule has 1 aromatic rings. The lowest BCUT2D eigenvalue weighted by Gasteiger charge is -2.11. The third kappa shape index (κ3) is 1.26. The number of hydrogen-bond acceptors (Lipinski definition) is 3. The lowest BCUT2D eigenvalue weighted by molar-refractivity contribution is -0.384. The topological polar surface area (TPSA) is 55.2 Å². The van der Waals surface area contributed by atoms with E-state index in [2.05, 4.69) is 5.32 Å². The predicted molar refractivity (Wildman–Crippen MR) is 50.6 cm³/mol. The van der Waals surface area contributed by atoms with Crippen molar-refractivity contribution in [3.8, 4) is 0 Å². The van der Waals surface area contributed by atoms with E-state index in [1.54, 1.807) is 6.07 Å². The van der Waals surface area contributed by atoms with E-state index in [0.717, 1.165) is 5.56 Å². The molecule has 0 aromatic heterocycles. The standard InChI is InChI=1S/C9H8N2O2/c12-11(13)8-5-1-3-7-4-2-6-10-9(7)8/h1-5,10H,6H2. The van der Waals surface area contributed by atoms with Crippen LogP contribution in [0.4, 0.5) is 11.4 Å². The van der Waals surface area contributed by atoms with Crippen LogP contribution in [-0.2, 0) is 0 Å². The van der Waals surface area contributed by atoms with Crippen molar-refractivity contribution in [3.63, 3.8) is 0 Å². The molecule has 1 heterocycles. The summed E-state index contributed by atoms with van der Waals surface area (Å²) in [5.41, 5.74) is 1.64. The van der Waals surface area contributed by atoms with Crippen molar-refractivity contribution in [3.05, 3.63) is 40.0 Å². The average Bonchev–Trinajstić information content (AvgIpc) is 2.17. The summed E-state index contributed by atoms with van der Waals surface area (Å²) in [4.78, 5) is 10.2. The van der Waals surface area contributed by atoms with Crippen molar-refractivity contribution in [2.45, 2.75) is 0 Å². The molecule has 0 saturated heterocycles. The molecule has 0 radical (unpaired) electrons. The minimum Gasteiger partial charge on any atom is -0.376 e. The van der Waals surface area contributed by atoms with Gasteiger partial charge < -0.3 is 5.32 Å². The minimum absolute atomic E-state index is 0.141. The Kier molecular flexibility index (Phi) is 1.73. The molecule has 0 fully saturated rings. The summed E-state index contributed by atoms with van der Waals surface area (Å²) in [7, 11) is 0. The first-order chi connectivity index (χ1) is 6.29. The fourth-order valence-corrected chi connectivity index (χ4v) is 1.39. The van der Waals surface area contributed by atoms with Gasteiger partial charge in [-0.1, -0.05) is 24.3 Å². The molecular weight excluding hydrogens is 168 g/mol. The summed E-state index contributed by atoms with van der Waals surface area (Å²) < 4.78 is 0. The number of rotatable bonds is 1. The minimum atomic E-state index is -0.370. The lowest BCUT2D eigenvalue weighted by atomic mass is 10.1. The maximum atomic E-state index is 10.6. The lowest BCUT2D eigenvalue weighted by Crippen LogP contribution is -2.06. The number of benzene rings is 1. The third-order valence-electron chi connectivity index (χ3n) is 1.97. The number of nitro benzene ring substituents is 1. The van der Waals surface area contributed by atoms with Crippen molar-refractivity contribution in [2.75, 3.05) is 11.9 Å². The molecule has 1 N–H and O–H groups in total. The molecule has 13 heavy (non-hydrogen) atoms. The molecule has 0 aliphatic carbocycles. The Morgan fingerprint density at radius 3 is 3.08 bits per heavy atom. The van der Waals surface area contributed by atoms with Crippen LogP contribution in [0.2, 0.25) is 0 Å². The number of fused-ring (bicyclic) bond motifs is 1. The van der Waals surface area contributed by atoms with E-state index in [9.17, 15) is 10.1 Å². The fraction of sp³-hybridized carbons (Fsp3) is 0.111. The van der Waals surface area contributed by atoms with Crippen LogP contribution in [0.1, 0.15) is 5.56 Å². The van der Waals surface area contributed by atoms with Gasteiger partial charge >= 0.3 is 0 Å². The van der Waals surface area contributed by atoms with E-state index >= 15 is 0 Å². The van der Waals surface area contributed by atoms with Gasteiger partial charge in [-0.05, 0) is 0 Å². The van der Waals surface area contributed by atoms with E-state index in [-0.39, 0.29) is 10.6 Å². The number of para-hydroxylation sites is 1. The van der Waals surface area contributed by atoms with Crippen molar-refractivity contribution in [1.82, 2.24) is 0 Å². The van der Waals surface area contributed by atoms with Crippen LogP contribution in [0, 0.1) is 10.1 Å². The molecule has 4 nitrogen and oxygen atoms in total. The maximum absolute atomic E-state index is 10.6. The summed E-state index contributed by atoms with van der Waals surface area (Å²) in [6.07, 6.45) is 3.82. The van der Waals surface area contributed by atoms with Gasteiger partial charge in [-0.2, -0.15) is 0 Å². The van der Waals surface area contributed by atoms with Crippen LogP contribution in [0.25, 0.3) is 6.08 Å². The molecule has 0 atom stereocenters. The molecule has 1 aliphatic heterocycles. The molecule has 0 bridgehead atoms. The molecular formula is C9H8N2O2. The summed E-state index contributed by atoms with van der Waals surface area (Å²) in [5, 5.41) is 13.6. The van der Waals surface area contributed by atoms with E-state index in [1.807, 2.05) is 18.2 Å². The van der Waals surface area contributed by atoms with Crippen LogP contribution < -0.4 is 5.32 Å². The summed E-state index contributed by atoms with van der Waals surface area (Å²) >= 11 is 0. The zero-order valence-electron chi connectivity index (χ0n) is 6.86. The number of nitro groups is 1. The van der Waals surface area contributed by atoms with Crippen LogP contribution in [0.15, 0.2) is 24.3 Å². The number of nitrogens with zero attached hydrogens (tertiary/aromatic N) is 1. The second-order valence-corrected chi connectivity index (χ2v) is 2.78. The molecule has 2 rings (SSSR count). The van der Waals surface area contributed by atoms with Crippen molar-refractivity contribution < 1.29 is 4.92 Å². The van der Waals surface area contributed by atoms with Crippen molar-refractivity contribution in [2.24, 2.45) is 0 Å². The van der Waals surface area contributed by atoms with Gasteiger partial charge in [0.25, 0.3) is 5.69 Å². The molecule has 0 amide bonds. The van der Waals surface area contributed by atoms with E-state index < -0.39 is 0 Å². The number of hydrogen-bond donors (Lipinski definition) is 1. The number of nitrogens with one attached hydrogen (secondary N) is 1. The molecule has 4 heteroatoms. The largest absolute Gasteiger partial charge is 0.376 e. The third-order valence-corrected chi connectivity index (χ3v) is 1.97. The Labute approximate surface area is 75.0 Å². The first kappa shape index (κ1) is 7.79. The Balaban J connectivity index is 2.59. The molecule has 0 unspecified atom stereocenters. The highest BCUT2D eigenvalue weighted by atomic mass is 16.6. The molecule has 1 aromatic carbocycles. The highest BCUT2D eigenvalue weighted by molar-refractivity contribution is 5.77. The van der Waals surface area contributed by atoms with E-state index in [4.69, 9.17) is 0 Å². The zero-order chi connectivity index (χ0) is 9.26. The van der Waals surface area contributed by atoms with Gasteiger partial charge in [0.05, 0.1) is 4.92 Å². The smallest absolute Gasteiger partial charge is 0.292 e. The SMILES string of the molecule is O=[N+]([O-])c1cccc2c1NCC=C2. The van der Waals surface area contributed by atoms with Crippen molar-refractivity contribution in [1.29, 1.82) is 0 Å². The Hall–Kier alpha value is -1.84. The normalized spacial score (nSPS) is 13.2. The predicted octanol–water partition coefficient (Wildman–Crippen LogP) is 2.03. The van der Waals surface area contributed by atoms with Gasteiger partial charge in [0.2, 0.25) is 0 Å². The van der Waals surface area contributed by atoms with Gasteiger partial charge in [-0.3, -0.25) is 10.1 Å². The Morgan fingerprint density at radius 2 is 2.31 bits per heavy atom. The average molecular weight is 176 g/mol. The van der Waals surface area contributed by atoms with Gasteiger partial charge in [0, 0.05) is 18.2 Å². The van der Waals surface area contributed by atoms with Crippen LogP contribution in [0.5, 0.6) is 0 Å². The highest BCUT2D eigenvalue weighted by Crippen LogP contribution is 2.30. The second kappa shape index (κ2) is 2.90. The fourth-order valence-electron chi connectivity index (χ4n) is 1.39. The van der Waals surface area contributed by atoms with Gasteiger partial charge in [-0.25, -0.2) is 0 Å². The second-order valence-electron chi connectivity index (χ2n) is 2.78. The van der Waals surface area contributed by atoms with Gasteiger partial charge in [0.1, 0.15) is 5.69 Å². The Bertz CT molecular complexity index is 385. The first-order valence-corrected chi connectivity index (χ1v) is 3.97. The maximum Gasteiger partial charge on any atom is 0.292 e. The van der Waals surface area contributed by atoms with Crippen LogP contribution in [0.3, 0.4) is 0 Å². The summed E-state index contributed by atoms with van der Waals surface area (Å²) in [5.74, 6) is 0. The molecule has 1 aliphatic rings. The van der Waals surface area contributed by atoms with Crippen LogP contribution in [-0.4, -0.2) is 11.5 Å². The molecule has 0 spiro atoms. The van der Waals surface area contributed by atoms with Crippen molar-refractivity contribution >= 4 is 17.5 Å². The molecule has 0 saturated carbocycles.